The molecule has 1 atom stereocenters. The summed E-state index contributed by atoms with van der Waals surface area (Å²) in [6, 6.07) is 5.85. The van der Waals surface area contributed by atoms with Gasteiger partial charge in [0.05, 0.1) is 5.56 Å². The predicted molar refractivity (Wildman–Crippen MR) is 58.9 cm³/mol. The molecule has 5 heteroatoms. The second-order valence-corrected chi connectivity index (χ2v) is 3.77. The van der Waals surface area contributed by atoms with E-state index in [9.17, 15) is 13.2 Å². The molecule has 2 rings (SSSR count). The quantitative estimate of drug-likeness (QED) is 0.808. The summed E-state index contributed by atoms with van der Waals surface area (Å²) in [5.74, 6) is 0.00262. The topological polar surface area (TPSA) is 12.0 Å². The van der Waals surface area contributed by atoms with Crippen molar-refractivity contribution < 1.29 is 13.2 Å². The van der Waals surface area contributed by atoms with Gasteiger partial charge in [-0.3, -0.25) is 0 Å². The van der Waals surface area contributed by atoms with Crippen molar-refractivity contribution >= 4 is 12.4 Å². The summed E-state index contributed by atoms with van der Waals surface area (Å²) in [5, 5.41) is 3.08. The highest BCUT2D eigenvalue weighted by molar-refractivity contribution is 5.85. The van der Waals surface area contributed by atoms with Gasteiger partial charge in [-0.15, -0.1) is 12.4 Å². The van der Waals surface area contributed by atoms with Gasteiger partial charge in [-0.05, 0) is 30.5 Å². The average molecular weight is 252 g/mol. The van der Waals surface area contributed by atoms with Crippen LogP contribution in [-0.2, 0) is 6.18 Å². The Morgan fingerprint density at radius 3 is 2.44 bits per heavy atom. The van der Waals surface area contributed by atoms with E-state index in [1.54, 1.807) is 12.1 Å². The monoisotopic (exact) mass is 251 g/mol. The van der Waals surface area contributed by atoms with Crippen LogP contribution in [0.2, 0.25) is 0 Å². The number of hydrogen-bond acceptors (Lipinski definition) is 1. The maximum Gasteiger partial charge on any atom is 0.416 e. The maximum atomic E-state index is 12.7. The first-order chi connectivity index (χ1) is 7.09. The smallest absolute Gasteiger partial charge is 0.316 e. The molecule has 0 unspecified atom stereocenters. The van der Waals surface area contributed by atoms with Crippen LogP contribution in [0.4, 0.5) is 13.2 Å². The van der Waals surface area contributed by atoms with E-state index in [4.69, 9.17) is 0 Å². The minimum Gasteiger partial charge on any atom is -0.316 e. The van der Waals surface area contributed by atoms with Gasteiger partial charge in [0.25, 0.3) is 0 Å². The van der Waals surface area contributed by atoms with E-state index >= 15 is 0 Å². The third kappa shape index (κ3) is 2.68. The fourth-order valence-electron chi connectivity index (χ4n) is 2.03. The van der Waals surface area contributed by atoms with Gasteiger partial charge < -0.3 is 5.32 Å². The van der Waals surface area contributed by atoms with Gasteiger partial charge in [0.1, 0.15) is 0 Å². The summed E-state index contributed by atoms with van der Waals surface area (Å²) in [6.07, 6.45) is -3.45. The third-order valence-electron chi connectivity index (χ3n) is 2.77. The molecule has 1 aromatic carbocycles. The zero-order valence-corrected chi connectivity index (χ0v) is 9.37. The number of rotatable bonds is 1. The molecule has 1 N–H and O–H groups in total. The Morgan fingerprint density at radius 1 is 1.19 bits per heavy atom. The van der Waals surface area contributed by atoms with Crippen LogP contribution in [0.15, 0.2) is 24.3 Å². The van der Waals surface area contributed by atoms with Crippen molar-refractivity contribution in [2.24, 2.45) is 0 Å². The Labute approximate surface area is 98.4 Å². The average Bonchev–Trinajstić information content (AvgIpc) is 2.69. The molecule has 0 radical (unpaired) electrons. The van der Waals surface area contributed by atoms with E-state index in [1.165, 1.54) is 6.07 Å². The fraction of sp³-hybridized carbons (Fsp3) is 0.455. The van der Waals surface area contributed by atoms with Gasteiger partial charge in [0.15, 0.2) is 0 Å². The molecule has 0 saturated carbocycles. The highest BCUT2D eigenvalue weighted by Gasteiger charge is 2.35. The predicted octanol–water partition coefficient (Wildman–Crippen LogP) is 3.20. The van der Waals surface area contributed by atoms with Gasteiger partial charge >= 0.3 is 6.18 Å². The molecule has 1 aromatic rings. The van der Waals surface area contributed by atoms with Crippen molar-refractivity contribution in [2.45, 2.75) is 18.5 Å². The van der Waals surface area contributed by atoms with Crippen LogP contribution < -0.4 is 5.32 Å². The molecule has 1 aliphatic rings. The summed E-state index contributed by atoms with van der Waals surface area (Å²) < 4.78 is 38.0. The molecule has 1 nitrogen and oxygen atoms in total. The van der Waals surface area contributed by atoms with E-state index in [0.29, 0.717) is 12.1 Å². The van der Waals surface area contributed by atoms with E-state index in [-0.39, 0.29) is 18.3 Å². The minimum absolute atomic E-state index is 0. The Bertz CT molecular complexity index is 345. The van der Waals surface area contributed by atoms with Crippen molar-refractivity contribution in [3.63, 3.8) is 0 Å². The van der Waals surface area contributed by atoms with E-state index in [2.05, 4.69) is 5.32 Å². The number of hydrogen-bond donors (Lipinski definition) is 1. The molecule has 0 amide bonds. The molecule has 0 aliphatic carbocycles. The van der Waals surface area contributed by atoms with E-state index in [0.717, 1.165) is 19.0 Å². The lowest BCUT2D eigenvalue weighted by molar-refractivity contribution is -0.138. The first-order valence-corrected chi connectivity index (χ1v) is 4.96. The molecule has 0 aromatic heterocycles. The van der Waals surface area contributed by atoms with Crippen molar-refractivity contribution in [1.82, 2.24) is 5.32 Å². The summed E-state index contributed by atoms with van der Waals surface area (Å²) in [7, 11) is 0. The largest absolute Gasteiger partial charge is 0.416 e. The Morgan fingerprint density at radius 2 is 1.88 bits per heavy atom. The molecular weight excluding hydrogens is 239 g/mol. The standard InChI is InChI=1S/C11H12F3N.ClH/c12-11(13,14)10-4-2-1-3-9(10)8-5-6-15-7-8;/h1-4,8,15H,5-7H2;1H/t8-;/m1./s1. The number of halogens is 4. The minimum atomic E-state index is -4.24. The van der Waals surface area contributed by atoms with Crippen LogP contribution in [0.25, 0.3) is 0 Å². The van der Waals surface area contributed by atoms with Gasteiger partial charge in [0.2, 0.25) is 0 Å². The summed E-state index contributed by atoms with van der Waals surface area (Å²) >= 11 is 0. The second-order valence-electron chi connectivity index (χ2n) is 3.77. The van der Waals surface area contributed by atoms with Gasteiger partial charge in [0, 0.05) is 6.54 Å². The van der Waals surface area contributed by atoms with Crippen LogP contribution in [-0.4, -0.2) is 13.1 Å². The Hall–Kier alpha value is -0.740. The molecule has 1 heterocycles. The SMILES string of the molecule is Cl.FC(F)(F)c1ccccc1[C@@H]1CCNC1. The molecular formula is C11H13ClF3N. The summed E-state index contributed by atoms with van der Waals surface area (Å²) in [5.41, 5.74) is -0.0614. The van der Waals surface area contributed by atoms with Gasteiger partial charge in [-0.25, -0.2) is 0 Å². The van der Waals surface area contributed by atoms with Crippen molar-refractivity contribution in [2.75, 3.05) is 13.1 Å². The molecule has 90 valence electrons. The van der Waals surface area contributed by atoms with E-state index in [1.807, 2.05) is 0 Å². The lowest BCUT2D eigenvalue weighted by Gasteiger charge is -2.16. The van der Waals surface area contributed by atoms with Crippen LogP contribution in [0, 0.1) is 0 Å². The van der Waals surface area contributed by atoms with E-state index < -0.39 is 11.7 Å². The van der Waals surface area contributed by atoms with Crippen LogP contribution in [0.3, 0.4) is 0 Å². The zero-order valence-electron chi connectivity index (χ0n) is 8.55. The third-order valence-corrected chi connectivity index (χ3v) is 2.77. The Kier molecular flexibility index (Phi) is 4.21. The number of benzene rings is 1. The Balaban J connectivity index is 0.00000128. The van der Waals surface area contributed by atoms with Crippen molar-refractivity contribution in [3.8, 4) is 0 Å². The molecule has 1 saturated heterocycles. The van der Waals surface area contributed by atoms with Gasteiger partial charge in [-0.1, -0.05) is 18.2 Å². The van der Waals surface area contributed by atoms with Crippen molar-refractivity contribution in [3.05, 3.63) is 35.4 Å². The second kappa shape index (κ2) is 5.06. The molecule has 1 fully saturated rings. The normalized spacial score (nSPS) is 20.6. The van der Waals surface area contributed by atoms with Crippen LogP contribution >= 0.6 is 12.4 Å². The summed E-state index contributed by atoms with van der Waals surface area (Å²) in [6.45, 7) is 1.45. The first-order valence-electron chi connectivity index (χ1n) is 4.96. The molecule has 16 heavy (non-hydrogen) atoms. The first kappa shape index (κ1) is 13.3. The number of nitrogens with one attached hydrogen (secondary N) is 1. The zero-order chi connectivity index (χ0) is 10.9. The maximum absolute atomic E-state index is 12.7. The van der Waals surface area contributed by atoms with Crippen molar-refractivity contribution in [1.29, 1.82) is 0 Å². The molecule has 0 spiro atoms. The molecule has 1 aliphatic heterocycles. The van der Waals surface area contributed by atoms with Gasteiger partial charge in [-0.2, -0.15) is 13.2 Å². The highest BCUT2D eigenvalue weighted by Crippen LogP contribution is 2.36. The lowest BCUT2D eigenvalue weighted by atomic mass is 9.93. The lowest BCUT2D eigenvalue weighted by Crippen LogP contribution is -2.14. The number of alkyl halides is 3. The highest BCUT2D eigenvalue weighted by atomic mass is 35.5. The van der Waals surface area contributed by atoms with Crippen LogP contribution in [0.1, 0.15) is 23.5 Å². The van der Waals surface area contributed by atoms with Crippen LogP contribution in [0.5, 0.6) is 0 Å². The summed E-state index contributed by atoms with van der Waals surface area (Å²) in [4.78, 5) is 0. The fourth-order valence-corrected chi connectivity index (χ4v) is 2.03. The molecule has 0 bridgehead atoms.